The van der Waals surface area contributed by atoms with Crippen LogP contribution >= 0.6 is 0 Å². The fourth-order valence-corrected chi connectivity index (χ4v) is 4.88. The topological polar surface area (TPSA) is 105 Å². The van der Waals surface area contributed by atoms with Gasteiger partial charge in [0.05, 0.1) is 0 Å². The maximum absolute atomic E-state index is 13.1. The molecule has 0 bridgehead atoms. The predicted octanol–water partition coefficient (Wildman–Crippen LogP) is 2.87. The number of fused-ring (bicyclic) bond motifs is 4. The minimum absolute atomic E-state index is 0.0587. The normalized spacial score (nSPS) is 14.5. The molecule has 0 amide bonds. The lowest BCUT2D eigenvalue weighted by Crippen LogP contribution is -2.58. The van der Waals surface area contributed by atoms with E-state index < -0.39 is 49.5 Å². The van der Waals surface area contributed by atoms with E-state index in [1.807, 2.05) is 0 Å². The maximum Gasteiger partial charge on any atom is 0.534 e. The van der Waals surface area contributed by atoms with Crippen molar-refractivity contribution >= 4 is 43.3 Å². The second-order valence-electron chi connectivity index (χ2n) is 7.61. The molecule has 2 aliphatic heterocycles. The molecule has 0 saturated carbocycles. The van der Waals surface area contributed by atoms with E-state index in [-0.39, 0.29) is 39.4 Å². The van der Waals surface area contributed by atoms with Gasteiger partial charge < -0.3 is 17.8 Å². The Morgan fingerprint density at radius 3 is 1.24 bits per heavy atom. The van der Waals surface area contributed by atoms with Crippen LogP contribution in [0.5, 0.6) is 34.5 Å². The molecule has 0 fully saturated rings. The quantitative estimate of drug-likeness (QED) is 0.142. The van der Waals surface area contributed by atoms with Crippen LogP contribution in [0.4, 0.5) is 26.3 Å². The Labute approximate surface area is 204 Å². The van der Waals surface area contributed by atoms with Gasteiger partial charge in [-0.3, -0.25) is 0 Å². The van der Waals surface area contributed by atoms with Gasteiger partial charge in [0.25, 0.3) is 6.71 Å². The van der Waals surface area contributed by atoms with E-state index in [2.05, 4.69) is 8.37 Å². The Bertz CT molecular complexity index is 1530. The molecule has 17 heteroatoms. The van der Waals surface area contributed by atoms with Crippen LogP contribution in [0, 0.1) is 0 Å². The molecule has 0 N–H and O–H groups in total. The molecule has 2 aliphatic rings. The summed E-state index contributed by atoms with van der Waals surface area (Å²) < 4.78 is 146. The first-order valence-electron chi connectivity index (χ1n) is 9.86. The standard InChI is InChI=1S/C20H9BF6O8S2/c22-19(23,24)36(28,29)34-14-8-2-6-12-17(14)21-16-10(32-12)4-1-5-11(16)33-13-7-3-9-15(18(13)21)35-37(30,31)20(25,26)27/h1-9H. The minimum Gasteiger partial charge on any atom is -0.458 e. The monoisotopic (exact) mass is 566 g/mol. The van der Waals surface area contributed by atoms with Gasteiger partial charge in [-0.05, 0) is 36.4 Å². The van der Waals surface area contributed by atoms with Gasteiger partial charge in [0.1, 0.15) is 34.5 Å². The smallest absolute Gasteiger partial charge is 0.458 e. The van der Waals surface area contributed by atoms with Crippen molar-refractivity contribution < 1.29 is 61.0 Å². The molecule has 0 atom stereocenters. The summed E-state index contributed by atoms with van der Waals surface area (Å²) >= 11 is 0. The van der Waals surface area contributed by atoms with Crippen LogP contribution in [0.15, 0.2) is 54.6 Å². The van der Waals surface area contributed by atoms with Gasteiger partial charge in [-0.15, -0.1) is 0 Å². The highest BCUT2D eigenvalue weighted by atomic mass is 32.2. The molecular formula is C20H9BF6O8S2. The molecule has 0 spiro atoms. The van der Waals surface area contributed by atoms with Crippen LogP contribution in [0.1, 0.15) is 0 Å². The molecule has 0 aromatic heterocycles. The van der Waals surface area contributed by atoms with Gasteiger partial charge >= 0.3 is 31.3 Å². The molecule has 0 unspecified atom stereocenters. The largest absolute Gasteiger partial charge is 0.534 e. The van der Waals surface area contributed by atoms with Crippen molar-refractivity contribution in [3.8, 4) is 34.5 Å². The Morgan fingerprint density at radius 2 is 0.892 bits per heavy atom. The van der Waals surface area contributed by atoms with Crippen LogP contribution < -0.4 is 34.2 Å². The zero-order valence-corrected chi connectivity index (χ0v) is 19.3. The van der Waals surface area contributed by atoms with E-state index >= 15 is 0 Å². The van der Waals surface area contributed by atoms with Crippen molar-refractivity contribution in [3.05, 3.63) is 54.6 Å². The second-order valence-corrected chi connectivity index (χ2v) is 10.7. The van der Waals surface area contributed by atoms with E-state index in [9.17, 15) is 43.2 Å². The van der Waals surface area contributed by atoms with Crippen LogP contribution in [-0.2, 0) is 20.2 Å². The van der Waals surface area contributed by atoms with Crippen molar-refractivity contribution in [1.82, 2.24) is 0 Å². The molecule has 8 nitrogen and oxygen atoms in total. The summed E-state index contributed by atoms with van der Waals surface area (Å²) in [6.07, 6.45) is 0. The molecular weight excluding hydrogens is 557 g/mol. The van der Waals surface area contributed by atoms with Crippen molar-refractivity contribution in [2.75, 3.05) is 0 Å². The molecule has 0 saturated heterocycles. The van der Waals surface area contributed by atoms with Crippen molar-refractivity contribution in [2.24, 2.45) is 0 Å². The average Bonchev–Trinajstić information content (AvgIpc) is 2.77. The zero-order chi connectivity index (χ0) is 27.0. The Morgan fingerprint density at radius 1 is 0.568 bits per heavy atom. The fourth-order valence-electron chi connectivity index (χ4n) is 3.93. The van der Waals surface area contributed by atoms with Crippen molar-refractivity contribution in [1.29, 1.82) is 0 Å². The molecule has 37 heavy (non-hydrogen) atoms. The summed E-state index contributed by atoms with van der Waals surface area (Å²) in [5.74, 6) is -2.00. The third-order valence-corrected chi connectivity index (χ3v) is 7.28. The number of hydrogen-bond donors (Lipinski definition) is 0. The third kappa shape index (κ3) is 4.01. The van der Waals surface area contributed by atoms with Crippen LogP contribution in [0.25, 0.3) is 0 Å². The first kappa shape index (κ1) is 25.1. The van der Waals surface area contributed by atoms with Gasteiger partial charge in [0, 0.05) is 16.4 Å². The number of hydrogen-bond acceptors (Lipinski definition) is 8. The van der Waals surface area contributed by atoms with Gasteiger partial charge in [0.2, 0.25) is 0 Å². The minimum atomic E-state index is -6.18. The molecule has 0 aliphatic carbocycles. The lowest BCUT2D eigenvalue weighted by Gasteiger charge is -2.34. The number of benzene rings is 3. The number of ether oxygens (including phenoxy) is 2. The first-order valence-corrected chi connectivity index (χ1v) is 12.7. The Balaban J connectivity index is 1.77. The maximum atomic E-state index is 13.1. The lowest BCUT2D eigenvalue weighted by molar-refractivity contribution is -0.0504. The summed E-state index contributed by atoms with van der Waals surface area (Å²) in [7, 11) is -12.4. The molecule has 0 radical (unpaired) electrons. The summed E-state index contributed by atoms with van der Waals surface area (Å²) in [5, 5.41) is 0. The SMILES string of the molecule is O=S(=O)(Oc1cccc2c1B1c3c(cccc3Oc3cccc(OS(=O)(=O)C(F)(F)F)c31)O2)C(F)(F)F. The summed E-state index contributed by atoms with van der Waals surface area (Å²) in [6, 6.07) is 10.8. The number of rotatable bonds is 4. The fraction of sp³-hybridized carbons (Fsp3) is 0.100. The van der Waals surface area contributed by atoms with E-state index in [1.165, 1.54) is 30.3 Å². The Kier molecular flexibility index (Phi) is 5.39. The molecule has 3 aromatic carbocycles. The Hall–Kier alpha value is -3.60. The highest BCUT2D eigenvalue weighted by Crippen LogP contribution is 2.39. The highest BCUT2D eigenvalue weighted by Gasteiger charge is 2.52. The lowest BCUT2D eigenvalue weighted by atomic mass is 9.34. The highest BCUT2D eigenvalue weighted by molar-refractivity contribution is 7.88. The van der Waals surface area contributed by atoms with Gasteiger partial charge in [-0.1, -0.05) is 18.2 Å². The number of alkyl halides is 6. The van der Waals surface area contributed by atoms with E-state index in [0.29, 0.717) is 0 Å². The predicted molar refractivity (Wildman–Crippen MR) is 115 cm³/mol. The van der Waals surface area contributed by atoms with Crippen molar-refractivity contribution in [3.63, 3.8) is 0 Å². The van der Waals surface area contributed by atoms with E-state index in [1.54, 1.807) is 0 Å². The summed E-state index contributed by atoms with van der Waals surface area (Å²) in [4.78, 5) is 0. The molecule has 2 heterocycles. The first-order chi connectivity index (χ1) is 17.1. The van der Waals surface area contributed by atoms with E-state index in [0.717, 1.165) is 24.3 Å². The van der Waals surface area contributed by atoms with Crippen LogP contribution in [0.2, 0.25) is 0 Å². The van der Waals surface area contributed by atoms with Gasteiger partial charge in [0.15, 0.2) is 0 Å². The van der Waals surface area contributed by atoms with E-state index in [4.69, 9.17) is 9.47 Å². The molecule has 3 aromatic rings. The summed E-state index contributed by atoms with van der Waals surface area (Å²) in [6.45, 7) is -1.42. The second kappa shape index (κ2) is 7.95. The van der Waals surface area contributed by atoms with Crippen LogP contribution in [0.3, 0.4) is 0 Å². The van der Waals surface area contributed by atoms with Crippen molar-refractivity contribution in [2.45, 2.75) is 11.0 Å². The van der Waals surface area contributed by atoms with Gasteiger partial charge in [-0.2, -0.15) is 43.2 Å². The summed E-state index contributed by atoms with van der Waals surface area (Å²) in [5.41, 5.74) is -12.3. The zero-order valence-electron chi connectivity index (χ0n) is 17.6. The molecule has 194 valence electrons. The molecule has 5 rings (SSSR count). The average molecular weight is 566 g/mol. The number of halogens is 6. The van der Waals surface area contributed by atoms with Gasteiger partial charge in [-0.25, -0.2) is 0 Å². The van der Waals surface area contributed by atoms with Crippen LogP contribution in [-0.4, -0.2) is 34.6 Å². The third-order valence-electron chi connectivity index (χ3n) is 5.35.